The highest BCUT2D eigenvalue weighted by Gasteiger charge is 2.19. The summed E-state index contributed by atoms with van der Waals surface area (Å²) in [6.45, 7) is 4.91. The topological polar surface area (TPSA) is 92.7 Å². The van der Waals surface area contributed by atoms with Crippen LogP contribution >= 0.6 is 0 Å². The fraction of sp³-hybridized carbons (Fsp3) is 0.875. The van der Waals surface area contributed by atoms with E-state index in [9.17, 15) is 13.2 Å². The molecule has 0 aliphatic rings. The van der Waals surface area contributed by atoms with E-state index in [1.54, 1.807) is 13.8 Å². The Labute approximate surface area is 89.7 Å². The van der Waals surface area contributed by atoms with Gasteiger partial charge >= 0.3 is 5.97 Å². The van der Waals surface area contributed by atoms with Gasteiger partial charge in [-0.15, -0.1) is 0 Å². The number of hydrogen-bond acceptors (Lipinski definition) is 4. The molecule has 0 bridgehead atoms. The third-order valence-electron chi connectivity index (χ3n) is 1.53. The summed E-state index contributed by atoms with van der Waals surface area (Å²) in [5, 5.41) is 8.50. The highest BCUT2D eigenvalue weighted by atomic mass is 32.2. The molecule has 0 rings (SSSR count). The van der Waals surface area contributed by atoms with Gasteiger partial charge in [0.1, 0.15) is 6.04 Å². The first kappa shape index (κ1) is 14.3. The Morgan fingerprint density at radius 3 is 2.33 bits per heavy atom. The van der Waals surface area contributed by atoms with Gasteiger partial charge in [0.2, 0.25) is 10.0 Å². The minimum atomic E-state index is -3.58. The van der Waals surface area contributed by atoms with E-state index in [-0.39, 0.29) is 18.5 Å². The molecule has 0 heterocycles. The van der Waals surface area contributed by atoms with Crippen LogP contribution in [0.1, 0.15) is 20.8 Å². The standard InChI is InChI=1S/C8H17NO5S/c1-6(2)14-4-5-15(12,13)9-7(3)8(10)11/h6-7,9H,4-5H2,1-3H3,(H,10,11)/t7-/m0/s1. The molecule has 0 unspecified atom stereocenters. The fourth-order valence-electron chi connectivity index (χ4n) is 0.772. The number of carboxylic acids is 1. The minimum absolute atomic E-state index is 0.0444. The molecular weight excluding hydrogens is 222 g/mol. The van der Waals surface area contributed by atoms with Gasteiger partial charge in [-0.1, -0.05) is 0 Å². The number of sulfonamides is 1. The van der Waals surface area contributed by atoms with Crippen LogP contribution in [-0.2, 0) is 19.6 Å². The quantitative estimate of drug-likeness (QED) is 0.642. The molecule has 0 aromatic carbocycles. The molecule has 0 aliphatic carbocycles. The Balaban J connectivity index is 4.03. The SMILES string of the molecule is CC(C)OCCS(=O)(=O)N[C@@H](C)C(=O)O. The lowest BCUT2D eigenvalue weighted by molar-refractivity contribution is -0.138. The van der Waals surface area contributed by atoms with Crippen LogP contribution in [0.3, 0.4) is 0 Å². The smallest absolute Gasteiger partial charge is 0.321 e. The second-order valence-corrected chi connectivity index (χ2v) is 5.29. The molecular formula is C8H17NO5S. The predicted octanol–water partition coefficient (Wildman–Crippen LogP) is -0.196. The van der Waals surface area contributed by atoms with Gasteiger partial charge in [0.25, 0.3) is 0 Å². The molecule has 0 aromatic rings. The second-order valence-electron chi connectivity index (χ2n) is 3.42. The van der Waals surface area contributed by atoms with E-state index < -0.39 is 22.0 Å². The van der Waals surface area contributed by atoms with Crippen molar-refractivity contribution in [2.24, 2.45) is 0 Å². The van der Waals surface area contributed by atoms with Crippen molar-refractivity contribution in [1.29, 1.82) is 0 Å². The summed E-state index contributed by atoms with van der Waals surface area (Å²) in [5.41, 5.74) is 0. The molecule has 90 valence electrons. The number of hydrogen-bond donors (Lipinski definition) is 2. The van der Waals surface area contributed by atoms with E-state index >= 15 is 0 Å². The zero-order valence-corrected chi connectivity index (χ0v) is 9.87. The Hall–Kier alpha value is -0.660. The van der Waals surface area contributed by atoms with E-state index in [1.807, 2.05) is 4.72 Å². The van der Waals surface area contributed by atoms with Crippen molar-refractivity contribution in [3.63, 3.8) is 0 Å². The maximum Gasteiger partial charge on any atom is 0.321 e. The zero-order chi connectivity index (χ0) is 12.1. The largest absolute Gasteiger partial charge is 0.480 e. The number of ether oxygens (including phenoxy) is 1. The first-order chi connectivity index (χ1) is 6.74. The van der Waals surface area contributed by atoms with Crippen molar-refractivity contribution in [1.82, 2.24) is 4.72 Å². The summed E-state index contributed by atoms with van der Waals surface area (Å²) in [7, 11) is -3.58. The Morgan fingerprint density at radius 1 is 1.40 bits per heavy atom. The minimum Gasteiger partial charge on any atom is -0.480 e. The van der Waals surface area contributed by atoms with Crippen molar-refractivity contribution in [3.8, 4) is 0 Å². The lowest BCUT2D eigenvalue weighted by Crippen LogP contribution is -2.40. The van der Waals surface area contributed by atoms with Crippen molar-refractivity contribution in [3.05, 3.63) is 0 Å². The highest BCUT2D eigenvalue weighted by molar-refractivity contribution is 7.89. The van der Waals surface area contributed by atoms with E-state index in [4.69, 9.17) is 9.84 Å². The second kappa shape index (κ2) is 6.04. The summed E-state index contributed by atoms with van der Waals surface area (Å²) >= 11 is 0. The molecule has 0 spiro atoms. The summed E-state index contributed by atoms with van der Waals surface area (Å²) in [4.78, 5) is 10.4. The molecule has 0 saturated carbocycles. The summed E-state index contributed by atoms with van der Waals surface area (Å²) in [6, 6.07) is -1.12. The Morgan fingerprint density at radius 2 is 1.93 bits per heavy atom. The fourth-order valence-corrected chi connectivity index (χ4v) is 1.85. The molecule has 1 atom stereocenters. The normalized spacial score (nSPS) is 14.1. The van der Waals surface area contributed by atoms with Crippen LogP contribution in [0.2, 0.25) is 0 Å². The van der Waals surface area contributed by atoms with Crippen molar-refractivity contribution >= 4 is 16.0 Å². The maximum absolute atomic E-state index is 11.3. The number of nitrogens with one attached hydrogen (secondary N) is 1. The number of rotatable bonds is 7. The van der Waals surface area contributed by atoms with Crippen LogP contribution in [0.25, 0.3) is 0 Å². The van der Waals surface area contributed by atoms with E-state index in [0.717, 1.165) is 0 Å². The zero-order valence-electron chi connectivity index (χ0n) is 9.06. The summed E-state index contributed by atoms with van der Waals surface area (Å²) in [6.07, 6.45) is -0.0444. The Kier molecular flexibility index (Phi) is 5.77. The van der Waals surface area contributed by atoms with Crippen molar-refractivity contribution in [2.75, 3.05) is 12.4 Å². The van der Waals surface area contributed by atoms with E-state index in [2.05, 4.69) is 0 Å². The Bertz CT molecular complexity index is 298. The van der Waals surface area contributed by atoms with Gasteiger partial charge in [-0.3, -0.25) is 4.79 Å². The van der Waals surface area contributed by atoms with Crippen LogP contribution < -0.4 is 4.72 Å². The molecule has 7 heteroatoms. The van der Waals surface area contributed by atoms with E-state index in [1.165, 1.54) is 6.92 Å². The van der Waals surface area contributed by atoms with Crippen LogP contribution in [0, 0.1) is 0 Å². The third-order valence-corrected chi connectivity index (χ3v) is 2.95. The average Bonchev–Trinajstić information content (AvgIpc) is 2.01. The maximum atomic E-state index is 11.3. The van der Waals surface area contributed by atoms with Gasteiger partial charge in [-0.25, -0.2) is 13.1 Å². The van der Waals surface area contributed by atoms with Gasteiger partial charge in [0.15, 0.2) is 0 Å². The van der Waals surface area contributed by atoms with Gasteiger partial charge < -0.3 is 9.84 Å². The number of carboxylic acid groups (broad SMARTS) is 1. The van der Waals surface area contributed by atoms with Crippen molar-refractivity contribution in [2.45, 2.75) is 32.9 Å². The molecule has 15 heavy (non-hydrogen) atoms. The molecule has 0 amide bonds. The first-order valence-corrected chi connectivity index (χ1v) is 6.24. The summed E-state index contributed by atoms with van der Waals surface area (Å²) in [5.74, 6) is -1.44. The number of aliphatic carboxylic acids is 1. The average molecular weight is 239 g/mol. The van der Waals surface area contributed by atoms with Crippen LogP contribution in [0.4, 0.5) is 0 Å². The molecule has 6 nitrogen and oxygen atoms in total. The van der Waals surface area contributed by atoms with Crippen LogP contribution in [0.15, 0.2) is 0 Å². The predicted molar refractivity (Wildman–Crippen MR) is 55.1 cm³/mol. The van der Waals surface area contributed by atoms with Gasteiger partial charge in [0.05, 0.1) is 18.5 Å². The van der Waals surface area contributed by atoms with Gasteiger partial charge in [0, 0.05) is 0 Å². The lowest BCUT2D eigenvalue weighted by Gasteiger charge is -2.11. The van der Waals surface area contributed by atoms with E-state index in [0.29, 0.717) is 0 Å². The molecule has 0 radical (unpaired) electrons. The molecule has 0 aliphatic heterocycles. The number of carbonyl (C=O) groups is 1. The van der Waals surface area contributed by atoms with Crippen molar-refractivity contribution < 1.29 is 23.1 Å². The lowest BCUT2D eigenvalue weighted by atomic mass is 10.4. The molecule has 0 fully saturated rings. The monoisotopic (exact) mass is 239 g/mol. The van der Waals surface area contributed by atoms with Crippen LogP contribution in [0.5, 0.6) is 0 Å². The van der Waals surface area contributed by atoms with Crippen LogP contribution in [-0.4, -0.2) is 44.0 Å². The highest BCUT2D eigenvalue weighted by Crippen LogP contribution is 1.93. The molecule has 0 aromatic heterocycles. The molecule has 0 saturated heterocycles. The van der Waals surface area contributed by atoms with Gasteiger partial charge in [-0.2, -0.15) is 0 Å². The van der Waals surface area contributed by atoms with Gasteiger partial charge in [-0.05, 0) is 20.8 Å². The summed E-state index contributed by atoms with van der Waals surface area (Å²) < 4.78 is 29.6. The molecule has 2 N–H and O–H groups in total. The third kappa shape index (κ3) is 7.29. The first-order valence-electron chi connectivity index (χ1n) is 4.59.